The third kappa shape index (κ3) is 3.70. The molecule has 154 valence electrons. The van der Waals surface area contributed by atoms with Crippen LogP contribution in [0.5, 0.6) is 0 Å². The van der Waals surface area contributed by atoms with Crippen molar-refractivity contribution in [1.29, 1.82) is 0 Å². The molecule has 2 aliphatic rings. The highest BCUT2D eigenvalue weighted by Gasteiger charge is 2.53. The molecule has 0 spiro atoms. The molecule has 0 saturated carbocycles. The first-order valence-electron chi connectivity index (χ1n) is 9.39. The number of nitrogens with one attached hydrogen (secondary N) is 1. The maximum Gasteiger partial charge on any atom is 0.356 e. The first-order chi connectivity index (χ1) is 14.7. The number of fused-ring (bicyclic) bond motifs is 1. The smallest absolute Gasteiger partial charge is 0.356 e. The van der Waals surface area contributed by atoms with E-state index in [-0.39, 0.29) is 22.9 Å². The van der Waals surface area contributed by atoms with Crippen molar-refractivity contribution in [2.45, 2.75) is 17.5 Å². The van der Waals surface area contributed by atoms with Crippen LogP contribution in [0.2, 0.25) is 0 Å². The number of alkyl halides is 1. The van der Waals surface area contributed by atoms with Gasteiger partial charge in [-0.2, -0.15) is 0 Å². The average molecular weight is 443 g/mol. The summed E-state index contributed by atoms with van der Waals surface area (Å²) in [4.78, 5) is 38.1. The summed E-state index contributed by atoms with van der Waals surface area (Å²) in [5.74, 6) is -0.349. The van der Waals surface area contributed by atoms with E-state index >= 15 is 0 Å². The first-order valence-corrected chi connectivity index (χ1v) is 11.0. The summed E-state index contributed by atoms with van der Waals surface area (Å²) in [6, 6.07) is 18.2. The average Bonchev–Trinajstić information content (AvgIpc) is 2.80. The maximum atomic E-state index is 13.3. The number of benzene rings is 2. The van der Waals surface area contributed by atoms with Gasteiger partial charge in [-0.25, -0.2) is 4.79 Å². The van der Waals surface area contributed by atoms with Crippen LogP contribution < -0.4 is 5.32 Å². The Kier molecular flexibility index (Phi) is 6.11. The van der Waals surface area contributed by atoms with Crippen molar-refractivity contribution < 1.29 is 19.1 Å². The highest BCUT2D eigenvalue weighted by molar-refractivity contribution is 8.00. The number of amides is 2. The lowest BCUT2D eigenvalue weighted by atomic mass is 10.0. The van der Waals surface area contributed by atoms with Gasteiger partial charge < -0.3 is 10.1 Å². The highest BCUT2D eigenvalue weighted by atomic mass is 35.5. The summed E-state index contributed by atoms with van der Waals surface area (Å²) < 4.78 is 5.94. The fourth-order valence-electron chi connectivity index (χ4n) is 3.62. The molecule has 6 nitrogen and oxygen atoms in total. The summed E-state index contributed by atoms with van der Waals surface area (Å²) in [5, 5.41) is 2.17. The molecule has 2 aromatic rings. The molecule has 2 aromatic carbocycles. The molecule has 0 aromatic heterocycles. The Labute approximate surface area is 183 Å². The Morgan fingerprint density at radius 3 is 2.30 bits per heavy atom. The number of β-lactam (4-membered cyclic amide) rings is 1. The van der Waals surface area contributed by atoms with Crippen LogP contribution in [0.15, 0.2) is 71.9 Å². The Bertz CT molecular complexity index is 944. The van der Waals surface area contributed by atoms with E-state index in [0.717, 1.165) is 11.1 Å². The van der Waals surface area contributed by atoms with Gasteiger partial charge in [0.15, 0.2) is 6.10 Å². The largest absolute Gasteiger partial charge is 0.448 e. The number of esters is 1. The molecule has 2 heterocycles. The summed E-state index contributed by atoms with van der Waals surface area (Å²) >= 11 is 7.55. The summed E-state index contributed by atoms with van der Waals surface area (Å²) in [6.45, 7) is 0. The van der Waals surface area contributed by atoms with E-state index in [9.17, 15) is 14.4 Å². The number of carbonyl (C=O) groups is 3. The summed E-state index contributed by atoms with van der Waals surface area (Å²) in [5.41, 5.74) is 2.46. The van der Waals surface area contributed by atoms with E-state index in [4.69, 9.17) is 16.3 Å². The minimum atomic E-state index is -0.647. The SMILES string of the molecule is O=CN[C@@H]1C(=O)N2C(C(=O)OC(c3ccccc3)c3ccccc3)=C(CCl)CS[C@H]12. The predicted octanol–water partition coefficient (Wildman–Crippen LogP) is 2.84. The molecule has 0 unspecified atom stereocenters. The second-order valence-electron chi connectivity index (χ2n) is 6.86. The van der Waals surface area contributed by atoms with E-state index in [1.165, 1.54) is 16.7 Å². The number of carbonyl (C=O) groups excluding carboxylic acids is 3. The van der Waals surface area contributed by atoms with Crippen LogP contribution in [-0.2, 0) is 19.1 Å². The Balaban J connectivity index is 1.65. The van der Waals surface area contributed by atoms with Crippen LogP contribution in [0.3, 0.4) is 0 Å². The molecule has 1 fully saturated rings. The fourth-order valence-corrected chi connectivity index (χ4v) is 5.31. The van der Waals surface area contributed by atoms with Gasteiger partial charge in [-0.1, -0.05) is 60.7 Å². The molecule has 0 aliphatic carbocycles. The normalized spacial score (nSPS) is 20.5. The van der Waals surface area contributed by atoms with Gasteiger partial charge in [0.2, 0.25) is 6.41 Å². The molecule has 2 atom stereocenters. The van der Waals surface area contributed by atoms with Crippen molar-refractivity contribution in [1.82, 2.24) is 10.2 Å². The minimum absolute atomic E-state index is 0.112. The lowest BCUT2D eigenvalue weighted by Gasteiger charge is -2.49. The molecular weight excluding hydrogens is 424 g/mol. The second-order valence-corrected chi connectivity index (χ2v) is 8.24. The zero-order chi connectivity index (χ0) is 21.1. The van der Waals surface area contributed by atoms with Crippen LogP contribution in [0, 0.1) is 0 Å². The number of ether oxygens (including phenoxy) is 1. The Hall–Kier alpha value is -2.77. The molecule has 8 heteroatoms. The van der Waals surface area contributed by atoms with Gasteiger partial charge in [0.05, 0.1) is 0 Å². The number of hydrogen-bond donors (Lipinski definition) is 1. The summed E-state index contributed by atoms with van der Waals surface area (Å²) in [7, 11) is 0. The highest BCUT2D eigenvalue weighted by Crippen LogP contribution is 2.41. The van der Waals surface area contributed by atoms with Crippen molar-refractivity contribution >= 4 is 41.6 Å². The number of hydrogen-bond acceptors (Lipinski definition) is 5. The Morgan fingerprint density at radius 2 is 1.77 bits per heavy atom. The van der Waals surface area contributed by atoms with E-state index < -0.39 is 18.1 Å². The number of nitrogens with zero attached hydrogens (tertiary/aromatic N) is 1. The molecule has 1 N–H and O–H groups in total. The molecule has 2 amide bonds. The van der Waals surface area contributed by atoms with Crippen LogP contribution in [0.1, 0.15) is 17.2 Å². The molecule has 0 radical (unpaired) electrons. The van der Waals surface area contributed by atoms with Crippen molar-refractivity contribution in [2.24, 2.45) is 0 Å². The monoisotopic (exact) mass is 442 g/mol. The number of halogens is 1. The van der Waals surface area contributed by atoms with Crippen molar-refractivity contribution in [3.8, 4) is 0 Å². The second kappa shape index (κ2) is 8.93. The standard InChI is InChI=1S/C22H19ClN2O4S/c23-11-16-12-30-21-17(24-13-26)20(27)25(21)18(16)22(28)29-19(14-7-3-1-4-8-14)15-9-5-2-6-10-15/h1-10,13,17,19,21H,11-12H2,(H,24,26)/t17-,21-/m1/s1. The quantitative estimate of drug-likeness (QED) is 0.309. The molecule has 2 aliphatic heterocycles. The zero-order valence-electron chi connectivity index (χ0n) is 15.9. The van der Waals surface area contributed by atoms with Gasteiger partial charge in [0.25, 0.3) is 5.91 Å². The van der Waals surface area contributed by atoms with Crippen molar-refractivity contribution in [2.75, 3.05) is 11.6 Å². The maximum absolute atomic E-state index is 13.3. The zero-order valence-corrected chi connectivity index (χ0v) is 17.4. The van der Waals surface area contributed by atoms with Gasteiger partial charge in [-0.15, -0.1) is 23.4 Å². The lowest BCUT2D eigenvalue weighted by molar-refractivity contribution is -0.154. The third-order valence-electron chi connectivity index (χ3n) is 5.08. The lowest BCUT2D eigenvalue weighted by Crippen LogP contribution is -2.69. The molecule has 1 saturated heterocycles. The number of rotatable bonds is 7. The van der Waals surface area contributed by atoms with E-state index in [1.54, 1.807) is 0 Å². The molecule has 0 bridgehead atoms. The minimum Gasteiger partial charge on any atom is -0.448 e. The van der Waals surface area contributed by atoms with Gasteiger partial charge in [-0.3, -0.25) is 14.5 Å². The molecule has 4 rings (SSSR count). The Morgan fingerprint density at radius 1 is 1.17 bits per heavy atom. The fraction of sp³-hybridized carbons (Fsp3) is 0.227. The van der Waals surface area contributed by atoms with Gasteiger partial charge >= 0.3 is 5.97 Å². The first kappa shape index (κ1) is 20.5. The van der Waals surface area contributed by atoms with Gasteiger partial charge in [-0.05, 0) is 16.7 Å². The van der Waals surface area contributed by atoms with Crippen LogP contribution in [0.25, 0.3) is 0 Å². The summed E-state index contributed by atoms with van der Waals surface area (Å²) in [6.07, 6.45) is -0.127. The topological polar surface area (TPSA) is 75.7 Å². The number of thioether (sulfide) groups is 1. The van der Waals surface area contributed by atoms with Gasteiger partial charge in [0, 0.05) is 11.6 Å². The van der Waals surface area contributed by atoms with E-state index in [1.807, 2.05) is 60.7 Å². The molecular formula is C22H19ClN2O4S. The van der Waals surface area contributed by atoms with Crippen LogP contribution in [-0.4, -0.2) is 46.2 Å². The van der Waals surface area contributed by atoms with Crippen LogP contribution >= 0.6 is 23.4 Å². The van der Waals surface area contributed by atoms with Gasteiger partial charge in [0.1, 0.15) is 17.1 Å². The molecule has 30 heavy (non-hydrogen) atoms. The van der Waals surface area contributed by atoms with E-state index in [2.05, 4.69) is 5.32 Å². The van der Waals surface area contributed by atoms with E-state index in [0.29, 0.717) is 17.7 Å². The van der Waals surface area contributed by atoms with Crippen molar-refractivity contribution in [3.63, 3.8) is 0 Å². The third-order valence-corrected chi connectivity index (χ3v) is 6.74. The predicted molar refractivity (Wildman–Crippen MR) is 115 cm³/mol. The van der Waals surface area contributed by atoms with Crippen LogP contribution in [0.4, 0.5) is 0 Å². The van der Waals surface area contributed by atoms with Crippen molar-refractivity contribution in [3.05, 3.63) is 83.1 Å².